The third-order valence-electron chi connectivity index (χ3n) is 7.73. The lowest BCUT2D eigenvalue weighted by Crippen LogP contribution is -2.25. The Morgan fingerprint density at radius 3 is 2.71 bits per heavy atom. The van der Waals surface area contributed by atoms with E-state index in [2.05, 4.69) is 39.8 Å². The van der Waals surface area contributed by atoms with Crippen LogP contribution in [0.1, 0.15) is 18.4 Å². The first kappa shape index (κ1) is 29.0. The molecule has 45 heavy (non-hydrogen) atoms. The van der Waals surface area contributed by atoms with E-state index in [0.717, 1.165) is 42.4 Å². The summed E-state index contributed by atoms with van der Waals surface area (Å²) in [5, 5.41) is 8.34. The molecular weight excluding hydrogens is 597 g/mol. The molecule has 0 bridgehead atoms. The average molecular weight is 628 g/mol. The molecule has 1 aromatic carbocycles. The number of aromatic nitrogens is 7. The van der Waals surface area contributed by atoms with Crippen LogP contribution in [0.5, 0.6) is 5.75 Å². The largest absolute Gasteiger partial charge is 0.491 e. The number of H-pyrrole nitrogens is 2. The van der Waals surface area contributed by atoms with Gasteiger partial charge < -0.3 is 9.72 Å². The summed E-state index contributed by atoms with van der Waals surface area (Å²) in [6.45, 7) is 3.68. The molecule has 5 aromatic heterocycles. The second-order valence-corrected chi connectivity index (χ2v) is 12.9. The number of halogens is 1. The van der Waals surface area contributed by atoms with Gasteiger partial charge in [0.1, 0.15) is 29.4 Å². The molecule has 3 N–H and O–H groups in total. The van der Waals surface area contributed by atoms with E-state index < -0.39 is 15.8 Å². The number of pyridine rings is 3. The van der Waals surface area contributed by atoms with E-state index in [4.69, 9.17) is 9.72 Å². The van der Waals surface area contributed by atoms with E-state index in [-0.39, 0.29) is 6.54 Å². The molecule has 0 atom stereocenters. The molecule has 6 aromatic rings. The molecule has 14 heteroatoms. The molecule has 0 radical (unpaired) electrons. The summed E-state index contributed by atoms with van der Waals surface area (Å²) in [6.07, 6.45) is 10.3. The summed E-state index contributed by atoms with van der Waals surface area (Å²) < 4.78 is 46.1. The Balaban J connectivity index is 1.19. The molecule has 12 nitrogen and oxygen atoms in total. The molecule has 230 valence electrons. The van der Waals surface area contributed by atoms with Crippen LogP contribution >= 0.6 is 0 Å². The van der Waals surface area contributed by atoms with Crippen LogP contribution in [0.4, 0.5) is 4.39 Å². The first-order chi connectivity index (χ1) is 21.8. The number of imidazole rings is 1. The number of sulfonamides is 1. The number of likely N-dealkylation sites (tertiary alicyclic amines) is 1. The van der Waals surface area contributed by atoms with Gasteiger partial charge in [-0.05, 0) is 67.9 Å². The van der Waals surface area contributed by atoms with Gasteiger partial charge >= 0.3 is 0 Å². The smallest absolute Gasteiger partial charge is 0.209 e. The van der Waals surface area contributed by atoms with E-state index in [0.29, 0.717) is 57.4 Å². The molecule has 0 saturated carbocycles. The molecule has 7 rings (SSSR count). The summed E-state index contributed by atoms with van der Waals surface area (Å²) >= 11 is 0. The van der Waals surface area contributed by atoms with E-state index in [9.17, 15) is 12.8 Å². The predicted molar refractivity (Wildman–Crippen MR) is 168 cm³/mol. The number of nitrogens with zero attached hydrogens (tertiary/aromatic N) is 6. The average Bonchev–Trinajstić information content (AvgIpc) is 3.79. The van der Waals surface area contributed by atoms with Crippen molar-refractivity contribution in [2.45, 2.75) is 19.4 Å². The van der Waals surface area contributed by atoms with Crippen molar-refractivity contribution in [3.63, 3.8) is 0 Å². The van der Waals surface area contributed by atoms with Crippen molar-refractivity contribution < 1.29 is 17.5 Å². The highest BCUT2D eigenvalue weighted by molar-refractivity contribution is 7.88. The Morgan fingerprint density at radius 2 is 1.87 bits per heavy atom. The lowest BCUT2D eigenvalue weighted by atomic mass is 10.1. The highest BCUT2D eigenvalue weighted by Gasteiger charge is 2.18. The van der Waals surface area contributed by atoms with Gasteiger partial charge in [-0.15, -0.1) is 0 Å². The minimum absolute atomic E-state index is 0.0514. The van der Waals surface area contributed by atoms with E-state index >= 15 is 0 Å². The summed E-state index contributed by atoms with van der Waals surface area (Å²) in [5.74, 6) is 0.669. The Morgan fingerprint density at radius 1 is 1.00 bits per heavy atom. The molecule has 1 saturated heterocycles. The maximum Gasteiger partial charge on any atom is 0.209 e. The normalized spacial score (nSPS) is 14.1. The Labute approximate surface area is 258 Å². The number of fused-ring (bicyclic) bond motifs is 2. The van der Waals surface area contributed by atoms with Crippen molar-refractivity contribution in [3.05, 3.63) is 72.6 Å². The topological polar surface area (TPSA) is 155 Å². The van der Waals surface area contributed by atoms with Gasteiger partial charge in [0, 0.05) is 42.0 Å². The monoisotopic (exact) mass is 627 g/mol. The van der Waals surface area contributed by atoms with Gasteiger partial charge in [0.15, 0.2) is 5.82 Å². The van der Waals surface area contributed by atoms with E-state index in [1.807, 2.05) is 12.1 Å². The molecular formula is C31H30FN9O3S. The lowest BCUT2D eigenvalue weighted by Gasteiger charge is -2.15. The summed E-state index contributed by atoms with van der Waals surface area (Å²) in [6, 6.07) is 9.97. The number of hydrogen-bond donors (Lipinski definition) is 3. The minimum Gasteiger partial charge on any atom is -0.491 e. The first-order valence-corrected chi connectivity index (χ1v) is 16.4. The van der Waals surface area contributed by atoms with Gasteiger partial charge in [-0.3, -0.25) is 25.0 Å². The Kier molecular flexibility index (Phi) is 7.69. The van der Waals surface area contributed by atoms with Gasteiger partial charge in [-0.1, -0.05) is 0 Å². The van der Waals surface area contributed by atoms with Crippen LogP contribution in [0.15, 0.2) is 61.2 Å². The molecule has 0 amide bonds. The highest BCUT2D eigenvalue weighted by atomic mass is 32.2. The van der Waals surface area contributed by atoms with Crippen molar-refractivity contribution in [1.82, 2.24) is 44.7 Å². The number of nitrogens with one attached hydrogen (secondary N) is 3. The van der Waals surface area contributed by atoms with Crippen LogP contribution in [-0.4, -0.2) is 80.9 Å². The zero-order chi connectivity index (χ0) is 31.0. The van der Waals surface area contributed by atoms with Crippen molar-refractivity contribution in [3.8, 4) is 39.8 Å². The van der Waals surface area contributed by atoms with Crippen LogP contribution in [0, 0.1) is 5.82 Å². The second kappa shape index (κ2) is 12.0. The third-order valence-corrected chi connectivity index (χ3v) is 8.39. The molecule has 1 aliphatic rings. The van der Waals surface area contributed by atoms with Crippen LogP contribution in [0.3, 0.4) is 0 Å². The van der Waals surface area contributed by atoms with Gasteiger partial charge in [-0.2, -0.15) is 5.10 Å². The number of benzene rings is 1. The van der Waals surface area contributed by atoms with Gasteiger partial charge in [0.05, 0.1) is 41.1 Å². The minimum atomic E-state index is -3.45. The van der Waals surface area contributed by atoms with E-state index in [1.165, 1.54) is 25.0 Å². The zero-order valence-electron chi connectivity index (χ0n) is 24.4. The number of rotatable bonds is 10. The quantitative estimate of drug-likeness (QED) is 0.202. The van der Waals surface area contributed by atoms with Crippen LogP contribution in [0.25, 0.3) is 56.0 Å². The third kappa shape index (κ3) is 6.38. The van der Waals surface area contributed by atoms with Crippen molar-refractivity contribution in [2.75, 3.05) is 32.5 Å². The second-order valence-electron chi connectivity index (χ2n) is 11.1. The lowest BCUT2D eigenvalue weighted by molar-refractivity contribution is 0.237. The Bertz CT molecular complexity index is 2120. The van der Waals surface area contributed by atoms with Crippen LogP contribution in [-0.2, 0) is 16.6 Å². The van der Waals surface area contributed by atoms with Crippen molar-refractivity contribution in [2.24, 2.45) is 0 Å². The van der Waals surface area contributed by atoms with Gasteiger partial charge in [0.25, 0.3) is 0 Å². The summed E-state index contributed by atoms with van der Waals surface area (Å²) in [5.41, 5.74) is 5.41. The molecule has 6 heterocycles. The summed E-state index contributed by atoms with van der Waals surface area (Å²) in [4.78, 5) is 24.0. The van der Waals surface area contributed by atoms with Gasteiger partial charge in [-0.25, -0.2) is 22.5 Å². The zero-order valence-corrected chi connectivity index (χ0v) is 25.2. The Hall–Kier alpha value is -4.79. The molecule has 0 spiro atoms. The van der Waals surface area contributed by atoms with Crippen LogP contribution < -0.4 is 9.46 Å². The SMILES string of the molecule is CS(=O)(=O)NCc1cc(F)cc(-c2nccc3[nH]c(-c4n[nH]c5cnc(-c6cncc(OCCN7CCCC7)c6)cc45)nc23)c1. The molecule has 1 fully saturated rings. The fourth-order valence-corrected chi connectivity index (χ4v) is 5.98. The number of aromatic amines is 2. The highest BCUT2D eigenvalue weighted by Crippen LogP contribution is 2.32. The van der Waals surface area contributed by atoms with E-state index in [1.54, 1.807) is 36.9 Å². The summed E-state index contributed by atoms with van der Waals surface area (Å²) in [7, 11) is -3.45. The molecule has 0 aliphatic carbocycles. The first-order valence-electron chi connectivity index (χ1n) is 14.5. The number of hydrogen-bond acceptors (Lipinski definition) is 9. The van der Waals surface area contributed by atoms with Crippen molar-refractivity contribution >= 4 is 32.0 Å². The molecule has 0 unspecified atom stereocenters. The van der Waals surface area contributed by atoms with Crippen LogP contribution in [0.2, 0.25) is 0 Å². The maximum absolute atomic E-state index is 14.6. The van der Waals surface area contributed by atoms with Gasteiger partial charge in [0.2, 0.25) is 10.0 Å². The number of ether oxygens (including phenoxy) is 1. The predicted octanol–water partition coefficient (Wildman–Crippen LogP) is 4.29. The standard InChI is InChI=1S/C31H30FN9O3S/c1-45(42,43)36-15-19-10-20(12-22(32)11-19)28-30-25(4-5-34-28)37-31(38-30)29-24-14-26(35-18-27(24)39-40-29)21-13-23(17-33-16-21)44-9-8-41-6-2-3-7-41/h4-5,10-14,16-18,36H,2-3,6-9,15H2,1H3,(H,37,38)(H,39,40). The maximum atomic E-state index is 14.6. The molecule has 1 aliphatic heterocycles. The fourth-order valence-electron chi connectivity index (χ4n) is 5.55. The fraction of sp³-hybridized carbons (Fsp3) is 0.258. The van der Waals surface area contributed by atoms with Crippen molar-refractivity contribution in [1.29, 1.82) is 0 Å².